The largest absolute Gasteiger partial charge is 0.488 e. The minimum absolute atomic E-state index is 0.193. The van der Waals surface area contributed by atoms with E-state index in [1.54, 1.807) is 0 Å². The lowest BCUT2D eigenvalue weighted by Gasteiger charge is -2.33. The molecule has 0 amide bonds. The number of benzene rings is 1. The van der Waals surface area contributed by atoms with Crippen LogP contribution in [0.3, 0.4) is 0 Å². The fraction of sp³-hybridized carbons (Fsp3) is 0.714. The second kappa shape index (κ2) is 8.70. The summed E-state index contributed by atoms with van der Waals surface area (Å²) in [6.07, 6.45) is 5.02. The molecular weight excluding hydrogens is 328 g/mol. The normalized spacial score (nSPS) is 32.0. The molecule has 2 aliphatic heterocycles. The third-order valence-corrected chi connectivity index (χ3v) is 6.00. The molecular formula is C21H32N2O3. The summed E-state index contributed by atoms with van der Waals surface area (Å²) in [6.45, 7) is 7.17. The van der Waals surface area contributed by atoms with Gasteiger partial charge in [-0.3, -0.25) is 0 Å². The summed E-state index contributed by atoms with van der Waals surface area (Å²) in [5, 5.41) is 7.48. The van der Waals surface area contributed by atoms with Crippen molar-refractivity contribution in [1.29, 1.82) is 0 Å². The van der Waals surface area contributed by atoms with Gasteiger partial charge in [-0.25, -0.2) is 0 Å². The molecule has 4 atom stereocenters. The summed E-state index contributed by atoms with van der Waals surface area (Å²) in [7, 11) is 0. The molecule has 0 spiro atoms. The van der Waals surface area contributed by atoms with Crippen molar-refractivity contribution in [2.45, 2.75) is 57.3 Å². The second-order valence-corrected chi connectivity index (χ2v) is 7.93. The minimum Gasteiger partial charge on any atom is -0.488 e. The number of hydrogen-bond donors (Lipinski definition) is 2. The van der Waals surface area contributed by atoms with Crippen LogP contribution in [-0.4, -0.2) is 51.2 Å². The van der Waals surface area contributed by atoms with Crippen LogP contribution in [0.4, 0.5) is 0 Å². The predicted molar refractivity (Wildman–Crippen MR) is 102 cm³/mol. The van der Waals surface area contributed by atoms with Crippen molar-refractivity contribution in [2.75, 3.05) is 33.0 Å². The van der Waals surface area contributed by atoms with Gasteiger partial charge in [-0.2, -0.15) is 0 Å². The van der Waals surface area contributed by atoms with E-state index in [2.05, 4.69) is 35.8 Å². The molecule has 4 unspecified atom stereocenters. The first-order chi connectivity index (χ1) is 12.8. The molecule has 2 saturated heterocycles. The number of hydrogen-bond acceptors (Lipinski definition) is 5. The molecule has 0 bridgehead atoms. The summed E-state index contributed by atoms with van der Waals surface area (Å²) < 4.78 is 17.4. The Bertz CT molecular complexity index is 583. The van der Waals surface area contributed by atoms with Crippen molar-refractivity contribution in [3.8, 4) is 5.75 Å². The lowest BCUT2D eigenvalue weighted by atomic mass is 9.94. The molecule has 4 rings (SSSR count). The quantitative estimate of drug-likeness (QED) is 0.816. The van der Waals surface area contributed by atoms with E-state index < -0.39 is 0 Å². The molecule has 26 heavy (non-hydrogen) atoms. The number of ether oxygens (including phenoxy) is 3. The Kier molecular flexibility index (Phi) is 6.10. The molecule has 0 radical (unpaired) electrons. The topological polar surface area (TPSA) is 51.8 Å². The van der Waals surface area contributed by atoms with Crippen LogP contribution in [0.1, 0.15) is 36.8 Å². The first kappa shape index (κ1) is 18.2. The maximum absolute atomic E-state index is 6.25. The molecule has 2 N–H and O–H groups in total. The van der Waals surface area contributed by atoms with Gasteiger partial charge in [0.2, 0.25) is 0 Å². The smallest absolute Gasteiger partial charge is 0.124 e. The van der Waals surface area contributed by atoms with Gasteiger partial charge in [0.15, 0.2) is 0 Å². The van der Waals surface area contributed by atoms with Gasteiger partial charge in [0, 0.05) is 37.2 Å². The molecule has 1 aliphatic carbocycles. The Morgan fingerprint density at radius 3 is 2.88 bits per heavy atom. The van der Waals surface area contributed by atoms with Crippen LogP contribution in [0.25, 0.3) is 0 Å². The molecule has 1 aromatic rings. The highest BCUT2D eigenvalue weighted by Crippen LogP contribution is 2.31. The zero-order valence-electron chi connectivity index (χ0n) is 15.8. The highest BCUT2D eigenvalue weighted by atomic mass is 16.5. The first-order valence-corrected chi connectivity index (χ1v) is 10.2. The van der Waals surface area contributed by atoms with Crippen LogP contribution < -0.4 is 15.4 Å². The Hall–Kier alpha value is -1.14. The summed E-state index contributed by atoms with van der Waals surface area (Å²) in [5.41, 5.74) is 2.49. The maximum atomic E-state index is 6.25. The van der Waals surface area contributed by atoms with Crippen LogP contribution in [0.5, 0.6) is 5.75 Å². The Morgan fingerprint density at radius 2 is 2.08 bits per heavy atom. The lowest BCUT2D eigenvalue weighted by Crippen LogP contribution is -2.50. The number of nitrogens with one attached hydrogen (secondary N) is 2. The first-order valence-electron chi connectivity index (χ1n) is 10.2. The summed E-state index contributed by atoms with van der Waals surface area (Å²) in [4.78, 5) is 0. The maximum Gasteiger partial charge on any atom is 0.124 e. The van der Waals surface area contributed by atoms with E-state index in [0.29, 0.717) is 24.6 Å². The van der Waals surface area contributed by atoms with Gasteiger partial charge < -0.3 is 24.8 Å². The van der Waals surface area contributed by atoms with Crippen LogP contribution in [0.2, 0.25) is 0 Å². The monoisotopic (exact) mass is 360 g/mol. The van der Waals surface area contributed by atoms with E-state index in [0.717, 1.165) is 45.1 Å². The molecule has 0 aromatic heterocycles. The third kappa shape index (κ3) is 4.39. The number of aryl methyl sites for hydroxylation is 1. The zero-order chi connectivity index (χ0) is 17.8. The number of rotatable bonds is 6. The van der Waals surface area contributed by atoms with Gasteiger partial charge in [0.25, 0.3) is 0 Å². The molecule has 3 fully saturated rings. The van der Waals surface area contributed by atoms with E-state index >= 15 is 0 Å². The average Bonchev–Trinajstić information content (AvgIpc) is 3.33. The Morgan fingerprint density at radius 1 is 1.15 bits per heavy atom. The average molecular weight is 360 g/mol. The fourth-order valence-electron chi connectivity index (χ4n) is 4.53. The summed E-state index contributed by atoms with van der Waals surface area (Å²) >= 11 is 0. The Balaban J connectivity index is 1.38. The fourth-order valence-corrected chi connectivity index (χ4v) is 4.53. The van der Waals surface area contributed by atoms with Crippen molar-refractivity contribution in [2.24, 2.45) is 5.92 Å². The third-order valence-electron chi connectivity index (χ3n) is 6.00. The van der Waals surface area contributed by atoms with Crippen LogP contribution in [0.15, 0.2) is 18.2 Å². The standard InChI is InChI=1S/C21H32N2O3/c1-15-5-6-16(21(11-15)26-17-7-9-24-13-17)12-23-19-4-2-3-18(19)20-14-25-10-8-22-20/h5-6,11,17-20,22-23H,2-4,7-10,12-14H2,1H3. The van der Waals surface area contributed by atoms with Crippen molar-refractivity contribution in [3.05, 3.63) is 29.3 Å². The highest BCUT2D eigenvalue weighted by Gasteiger charge is 2.34. The van der Waals surface area contributed by atoms with E-state index in [4.69, 9.17) is 14.2 Å². The van der Waals surface area contributed by atoms with Crippen LogP contribution >= 0.6 is 0 Å². The van der Waals surface area contributed by atoms with Gasteiger partial charge in [-0.15, -0.1) is 0 Å². The Labute approximate surface area is 156 Å². The minimum atomic E-state index is 0.193. The molecule has 5 nitrogen and oxygen atoms in total. The molecule has 3 aliphatic rings. The van der Waals surface area contributed by atoms with E-state index in [-0.39, 0.29) is 6.10 Å². The second-order valence-electron chi connectivity index (χ2n) is 7.93. The lowest BCUT2D eigenvalue weighted by molar-refractivity contribution is 0.0524. The van der Waals surface area contributed by atoms with Crippen molar-refractivity contribution >= 4 is 0 Å². The number of morpholine rings is 1. The van der Waals surface area contributed by atoms with Crippen molar-refractivity contribution in [3.63, 3.8) is 0 Å². The van der Waals surface area contributed by atoms with Crippen LogP contribution in [0, 0.1) is 12.8 Å². The molecule has 1 saturated carbocycles. The predicted octanol–water partition coefficient (Wildman–Crippen LogP) is 2.41. The van der Waals surface area contributed by atoms with Gasteiger partial charge in [0.05, 0.1) is 26.4 Å². The van der Waals surface area contributed by atoms with Gasteiger partial charge in [0.1, 0.15) is 11.9 Å². The molecule has 2 heterocycles. The summed E-state index contributed by atoms with van der Waals surface area (Å²) in [6, 6.07) is 7.60. The van der Waals surface area contributed by atoms with Gasteiger partial charge in [-0.05, 0) is 37.3 Å². The van der Waals surface area contributed by atoms with Gasteiger partial charge in [-0.1, -0.05) is 18.6 Å². The molecule has 5 heteroatoms. The highest BCUT2D eigenvalue weighted by molar-refractivity contribution is 5.37. The van der Waals surface area contributed by atoms with E-state index in [1.165, 1.54) is 30.4 Å². The van der Waals surface area contributed by atoms with Crippen molar-refractivity contribution in [1.82, 2.24) is 10.6 Å². The van der Waals surface area contributed by atoms with E-state index in [1.807, 2.05) is 0 Å². The molecule has 144 valence electrons. The summed E-state index contributed by atoms with van der Waals surface area (Å²) in [5.74, 6) is 1.68. The van der Waals surface area contributed by atoms with Gasteiger partial charge >= 0.3 is 0 Å². The zero-order valence-corrected chi connectivity index (χ0v) is 15.8. The van der Waals surface area contributed by atoms with E-state index in [9.17, 15) is 0 Å². The van der Waals surface area contributed by atoms with Crippen LogP contribution in [-0.2, 0) is 16.0 Å². The van der Waals surface area contributed by atoms with Crippen molar-refractivity contribution < 1.29 is 14.2 Å². The molecule has 1 aromatic carbocycles. The SMILES string of the molecule is Cc1ccc(CNC2CCCC2C2COCCN2)c(OC2CCOC2)c1.